The topological polar surface area (TPSA) is 82.5 Å². The van der Waals surface area contributed by atoms with E-state index in [0.29, 0.717) is 0 Å². The Bertz CT molecular complexity index is 1090. The largest absolute Gasteiger partial charge is 0.497 e. The molecule has 0 radical (unpaired) electrons. The summed E-state index contributed by atoms with van der Waals surface area (Å²) in [4.78, 5) is 16.3. The first kappa shape index (κ1) is 16.8. The molecule has 1 unspecified atom stereocenters. The Hall–Kier alpha value is -3.67. The van der Waals surface area contributed by atoms with E-state index in [1.807, 2.05) is 66.9 Å². The molecule has 0 aliphatic heterocycles. The Labute approximate surface area is 156 Å². The van der Waals surface area contributed by atoms with Crippen molar-refractivity contribution >= 4 is 11.6 Å². The Balaban J connectivity index is 1.66. The first-order chi connectivity index (χ1) is 13.2. The molecule has 4 aromatic rings. The number of rotatable bonds is 5. The number of fused-ring (bicyclic) bond motifs is 1. The van der Waals surface area contributed by atoms with Crippen molar-refractivity contribution in [1.82, 2.24) is 14.6 Å². The van der Waals surface area contributed by atoms with Crippen molar-refractivity contribution < 1.29 is 9.53 Å². The summed E-state index contributed by atoms with van der Waals surface area (Å²) in [7, 11) is 1.61. The number of ether oxygens (including phenoxy) is 1. The van der Waals surface area contributed by atoms with E-state index >= 15 is 0 Å². The fraction of sp³-hybridized carbons (Fsp3) is 0.0952. The Kier molecular flexibility index (Phi) is 4.30. The highest BCUT2D eigenvalue weighted by Crippen LogP contribution is 2.28. The summed E-state index contributed by atoms with van der Waals surface area (Å²) < 4.78 is 6.89. The van der Waals surface area contributed by atoms with Crippen LogP contribution in [0.2, 0.25) is 0 Å². The number of nitrogens with zero attached hydrogens (tertiary/aromatic N) is 3. The van der Waals surface area contributed by atoms with Gasteiger partial charge in [0.15, 0.2) is 5.65 Å². The molecule has 0 aliphatic carbocycles. The zero-order chi connectivity index (χ0) is 18.8. The van der Waals surface area contributed by atoms with Crippen LogP contribution in [0.15, 0.2) is 73.2 Å². The summed E-state index contributed by atoms with van der Waals surface area (Å²) in [6.07, 6.45) is 3.39. The van der Waals surface area contributed by atoms with E-state index in [1.165, 1.54) is 6.33 Å². The molecule has 0 fully saturated rings. The van der Waals surface area contributed by atoms with Crippen LogP contribution in [0.4, 0.5) is 0 Å². The lowest BCUT2D eigenvalue weighted by atomic mass is 9.89. The summed E-state index contributed by atoms with van der Waals surface area (Å²) in [6.45, 7) is 0. The highest BCUT2D eigenvalue weighted by atomic mass is 16.5. The monoisotopic (exact) mass is 358 g/mol. The summed E-state index contributed by atoms with van der Waals surface area (Å²) in [6, 6.07) is 19.2. The zero-order valence-electron chi connectivity index (χ0n) is 14.7. The zero-order valence-corrected chi connectivity index (χ0v) is 14.7. The number of methoxy groups -OCH3 is 1. The third-order valence-corrected chi connectivity index (χ3v) is 4.59. The molecule has 2 N–H and O–H groups in total. The molecule has 6 nitrogen and oxygen atoms in total. The van der Waals surface area contributed by atoms with Crippen LogP contribution < -0.4 is 10.5 Å². The summed E-state index contributed by atoms with van der Waals surface area (Å²) in [5, 5.41) is 4.10. The second kappa shape index (κ2) is 6.92. The van der Waals surface area contributed by atoms with Crippen LogP contribution >= 0.6 is 0 Å². The van der Waals surface area contributed by atoms with Crippen molar-refractivity contribution in [3.8, 4) is 16.9 Å². The molecule has 2 aromatic heterocycles. The lowest BCUT2D eigenvalue weighted by Crippen LogP contribution is -2.22. The number of aromatic nitrogens is 3. The van der Waals surface area contributed by atoms with Crippen LogP contribution in [0, 0.1) is 0 Å². The highest BCUT2D eigenvalue weighted by molar-refractivity contribution is 5.86. The van der Waals surface area contributed by atoms with E-state index in [-0.39, 0.29) is 0 Å². The van der Waals surface area contributed by atoms with Crippen molar-refractivity contribution in [1.29, 1.82) is 0 Å². The van der Waals surface area contributed by atoms with Gasteiger partial charge in [-0.25, -0.2) is 9.50 Å². The van der Waals surface area contributed by atoms with Gasteiger partial charge in [-0.2, -0.15) is 5.10 Å². The van der Waals surface area contributed by atoms with Gasteiger partial charge in [0.1, 0.15) is 12.1 Å². The molecule has 0 saturated heterocycles. The van der Waals surface area contributed by atoms with Crippen LogP contribution in [0.3, 0.4) is 0 Å². The number of carbonyl (C=O) groups is 1. The molecule has 0 spiro atoms. The third kappa shape index (κ3) is 3.25. The molecule has 0 bridgehead atoms. The van der Waals surface area contributed by atoms with Gasteiger partial charge in [-0.1, -0.05) is 36.4 Å². The smallest absolute Gasteiger partial charge is 0.229 e. The first-order valence-corrected chi connectivity index (χ1v) is 8.49. The SMILES string of the molecule is COc1ccc(C(C(N)=O)c2ccc(-c3ccn4ncnc4c3)cc2)cc1. The molecule has 1 amide bonds. The average molecular weight is 358 g/mol. The molecule has 27 heavy (non-hydrogen) atoms. The lowest BCUT2D eigenvalue weighted by molar-refractivity contribution is -0.118. The van der Waals surface area contributed by atoms with E-state index in [1.54, 1.807) is 11.6 Å². The number of carbonyl (C=O) groups excluding carboxylic acids is 1. The van der Waals surface area contributed by atoms with Crippen molar-refractivity contribution in [3.05, 3.63) is 84.3 Å². The molecule has 2 heterocycles. The van der Waals surface area contributed by atoms with Crippen molar-refractivity contribution in [2.45, 2.75) is 5.92 Å². The van der Waals surface area contributed by atoms with Gasteiger partial charge >= 0.3 is 0 Å². The second-order valence-electron chi connectivity index (χ2n) is 6.21. The van der Waals surface area contributed by atoms with Crippen molar-refractivity contribution in [2.24, 2.45) is 5.73 Å². The molecular formula is C21H18N4O2. The van der Waals surface area contributed by atoms with E-state index in [9.17, 15) is 4.79 Å². The number of nitrogens with two attached hydrogens (primary N) is 1. The normalized spacial score (nSPS) is 12.0. The number of primary amides is 1. The van der Waals surface area contributed by atoms with Gasteiger partial charge < -0.3 is 10.5 Å². The van der Waals surface area contributed by atoms with Crippen molar-refractivity contribution in [3.63, 3.8) is 0 Å². The summed E-state index contributed by atoms with van der Waals surface area (Å²) in [5.74, 6) is -0.164. The average Bonchev–Trinajstić information content (AvgIpc) is 3.17. The van der Waals surface area contributed by atoms with E-state index in [0.717, 1.165) is 33.7 Å². The van der Waals surface area contributed by atoms with Gasteiger partial charge in [0, 0.05) is 6.20 Å². The van der Waals surface area contributed by atoms with Crippen LogP contribution in [0.1, 0.15) is 17.0 Å². The molecule has 4 rings (SSSR count). The second-order valence-corrected chi connectivity index (χ2v) is 6.21. The van der Waals surface area contributed by atoms with Gasteiger partial charge in [-0.05, 0) is 46.5 Å². The fourth-order valence-electron chi connectivity index (χ4n) is 3.18. The molecule has 134 valence electrons. The molecule has 1 atom stereocenters. The predicted molar refractivity (Wildman–Crippen MR) is 102 cm³/mol. The van der Waals surface area contributed by atoms with Gasteiger partial charge in [0.2, 0.25) is 5.91 Å². The van der Waals surface area contributed by atoms with E-state index in [2.05, 4.69) is 10.1 Å². The summed E-state index contributed by atoms with van der Waals surface area (Å²) in [5.41, 5.74) is 10.2. The Morgan fingerprint density at radius 3 is 2.30 bits per heavy atom. The Morgan fingerprint density at radius 1 is 1.00 bits per heavy atom. The van der Waals surface area contributed by atoms with E-state index in [4.69, 9.17) is 10.5 Å². The van der Waals surface area contributed by atoms with Crippen LogP contribution in [0.5, 0.6) is 5.75 Å². The van der Waals surface area contributed by atoms with Crippen molar-refractivity contribution in [2.75, 3.05) is 7.11 Å². The van der Waals surface area contributed by atoms with Crippen LogP contribution in [-0.2, 0) is 4.79 Å². The summed E-state index contributed by atoms with van der Waals surface area (Å²) >= 11 is 0. The van der Waals surface area contributed by atoms with Gasteiger partial charge in [0.25, 0.3) is 0 Å². The number of pyridine rings is 1. The predicted octanol–water partition coefficient (Wildman–Crippen LogP) is 3.02. The maximum atomic E-state index is 12.1. The molecule has 6 heteroatoms. The minimum atomic E-state index is -0.510. The van der Waals surface area contributed by atoms with E-state index < -0.39 is 11.8 Å². The fourth-order valence-corrected chi connectivity index (χ4v) is 3.18. The van der Waals surface area contributed by atoms with Crippen LogP contribution in [0.25, 0.3) is 16.8 Å². The third-order valence-electron chi connectivity index (χ3n) is 4.59. The molecule has 2 aromatic carbocycles. The standard InChI is InChI=1S/C21H18N4O2/c1-27-18-8-6-16(7-9-18)20(21(22)26)15-4-2-14(3-5-15)17-10-11-25-19(12-17)23-13-24-25/h2-13,20H,1H3,(H2,22,26). The highest BCUT2D eigenvalue weighted by Gasteiger charge is 2.20. The van der Waals surface area contributed by atoms with Gasteiger partial charge in [0.05, 0.1) is 13.0 Å². The molecular weight excluding hydrogens is 340 g/mol. The number of benzene rings is 2. The quantitative estimate of drug-likeness (QED) is 0.594. The minimum absolute atomic E-state index is 0.391. The maximum Gasteiger partial charge on any atom is 0.229 e. The number of hydrogen-bond acceptors (Lipinski definition) is 4. The maximum absolute atomic E-state index is 12.1. The lowest BCUT2D eigenvalue weighted by Gasteiger charge is -2.15. The number of hydrogen-bond donors (Lipinski definition) is 1. The Morgan fingerprint density at radius 2 is 1.67 bits per heavy atom. The minimum Gasteiger partial charge on any atom is -0.497 e. The molecule has 0 aliphatic rings. The number of amides is 1. The first-order valence-electron chi connectivity index (χ1n) is 8.49. The molecule has 0 saturated carbocycles. The van der Waals surface area contributed by atoms with Crippen LogP contribution in [-0.4, -0.2) is 27.6 Å². The van der Waals surface area contributed by atoms with Gasteiger partial charge in [-0.3, -0.25) is 4.79 Å². The van der Waals surface area contributed by atoms with Gasteiger partial charge in [-0.15, -0.1) is 0 Å².